The molecule has 0 aromatic rings. The largest absolute Gasteiger partial charge is 0.394 e. The third-order valence-corrected chi connectivity index (χ3v) is 3.61. The molecule has 5 unspecified atom stereocenters. The smallest absolute Gasteiger partial charge is 0.186 e. The fourth-order valence-electron chi connectivity index (χ4n) is 2.06. The minimum atomic E-state index is -1.86. The molecule has 0 amide bonds. The number of hydrogen-bond acceptors (Lipinski definition) is 11. The van der Waals surface area contributed by atoms with Gasteiger partial charge in [0.15, 0.2) is 6.29 Å². The lowest BCUT2D eigenvalue weighted by molar-refractivity contribution is -0.306. The summed E-state index contributed by atoms with van der Waals surface area (Å²) < 4.78 is 9.99. The Morgan fingerprint density at radius 1 is 0.826 bits per heavy atom. The van der Waals surface area contributed by atoms with E-state index in [1.165, 1.54) is 0 Å². The van der Waals surface area contributed by atoms with E-state index in [0.29, 0.717) is 0 Å². The SMILES string of the molecule is OCC(O)C(O)C(O)C(O)COC1O[C@H](CO)[C@@H](O)[C@H](O)[C@H]1O. The van der Waals surface area contributed by atoms with Gasteiger partial charge in [0.2, 0.25) is 0 Å². The molecule has 11 nitrogen and oxygen atoms in total. The Kier molecular flexibility index (Phi) is 8.20. The molecule has 1 rings (SSSR count). The zero-order chi connectivity index (χ0) is 17.7. The van der Waals surface area contributed by atoms with Gasteiger partial charge >= 0.3 is 0 Å². The van der Waals surface area contributed by atoms with Crippen molar-refractivity contribution in [2.45, 2.75) is 55.1 Å². The van der Waals surface area contributed by atoms with E-state index in [1.54, 1.807) is 0 Å². The highest BCUT2D eigenvalue weighted by Gasteiger charge is 2.44. The summed E-state index contributed by atoms with van der Waals surface area (Å²) in [6.45, 7) is -2.16. The summed E-state index contributed by atoms with van der Waals surface area (Å²) in [7, 11) is 0. The van der Waals surface area contributed by atoms with Gasteiger partial charge in [-0.05, 0) is 0 Å². The Morgan fingerprint density at radius 2 is 1.39 bits per heavy atom. The molecular formula is C12H24O11. The second kappa shape index (κ2) is 9.15. The highest BCUT2D eigenvalue weighted by molar-refractivity contribution is 4.89. The van der Waals surface area contributed by atoms with Crippen molar-refractivity contribution in [2.24, 2.45) is 0 Å². The lowest BCUT2D eigenvalue weighted by atomic mass is 9.99. The van der Waals surface area contributed by atoms with Crippen LogP contribution in [0.25, 0.3) is 0 Å². The van der Waals surface area contributed by atoms with Gasteiger partial charge in [-0.15, -0.1) is 0 Å². The molecule has 1 fully saturated rings. The Labute approximate surface area is 131 Å². The van der Waals surface area contributed by atoms with Crippen LogP contribution in [0.15, 0.2) is 0 Å². The van der Waals surface area contributed by atoms with Crippen LogP contribution in [0, 0.1) is 0 Å². The molecule has 0 aliphatic carbocycles. The molecule has 1 heterocycles. The maximum Gasteiger partial charge on any atom is 0.186 e. The summed E-state index contributed by atoms with van der Waals surface area (Å²) >= 11 is 0. The second-order valence-corrected chi connectivity index (χ2v) is 5.33. The molecule has 1 aliphatic heterocycles. The van der Waals surface area contributed by atoms with Crippen LogP contribution < -0.4 is 0 Å². The summed E-state index contributed by atoms with van der Waals surface area (Å²) in [5, 5.41) is 84.4. The fourth-order valence-corrected chi connectivity index (χ4v) is 2.06. The molecule has 9 N–H and O–H groups in total. The van der Waals surface area contributed by atoms with E-state index in [0.717, 1.165) is 0 Å². The standard InChI is InChI=1S/C12H24O11/c13-1-4(15)7(17)8(18)5(16)3-22-12-11(21)10(20)9(19)6(2-14)23-12/h4-21H,1-3H2/t4?,5?,6-,7?,8?,9-,10+,11-,12?/m1/s1. The highest BCUT2D eigenvalue weighted by atomic mass is 16.7. The number of ether oxygens (including phenoxy) is 2. The van der Waals surface area contributed by atoms with E-state index in [4.69, 9.17) is 19.7 Å². The van der Waals surface area contributed by atoms with Crippen LogP contribution >= 0.6 is 0 Å². The Morgan fingerprint density at radius 3 is 1.91 bits per heavy atom. The van der Waals surface area contributed by atoms with E-state index < -0.39 is 74.9 Å². The van der Waals surface area contributed by atoms with Gasteiger partial charge in [0.25, 0.3) is 0 Å². The van der Waals surface area contributed by atoms with Crippen LogP contribution in [-0.2, 0) is 9.47 Å². The van der Waals surface area contributed by atoms with Crippen LogP contribution in [0.1, 0.15) is 0 Å². The molecule has 0 radical (unpaired) electrons. The van der Waals surface area contributed by atoms with Crippen molar-refractivity contribution in [1.82, 2.24) is 0 Å². The first-order chi connectivity index (χ1) is 10.7. The van der Waals surface area contributed by atoms with Crippen molar-refractivity contribution in [2.75, 3.05) is 19.8 Å². The Balaban J connectivity index is 2.55. The number of aliphatic hydroxyl groups is 9. The lowest BCUT2D eigenvalue weighted by Crippen LogP contribution is -2.59. The Hall–Kier alpha value is -0.440. The van der Waals surface area contributed by atoms with E-state index in [-0.39, 0.29) is 0 Å². The molecule has 9 atom stereocenters. The van der Waals surface area contributed by atoms with Gasteiger partial charge in [0.1, 0.15) is 48.8 Å². The van der Waals surface area contributed by atoms with E-state index in [9.17, 15) is 35.7 Å². The van der Waals surface area contributed by atoms with Crippen molar-refractivity contribution >= 4 is 0 Å². The molecule has 0 aromatic carbocycles. The van der Waals surface area contributed by atoms with Gasteiger partial charge in [-0.1, -0.05) is 0 Å². The predicted octanol–water partition coefficient (Wildman–Crippen LogP) is -5.76. The van der Waals surface area contributed by atoms with Crippen molar-refractivity contribution in [3.05, 3.63) is 0 Å². The summed E-state index contributed by atoms with van der Waals surface area (Å²) in [5.74, 6) is 0. The van der Waals surface area contributed by atoms with Gasteiger partial charge in [0.05, 0.1) is 19.8 Å². The second-order valence-electron chi connectivity index (χ2n) is 5.33. The maximum atomic E-state index is 9.70. The molecule has 0 saturated carbocycles. The average Bonchev–Trinajstić information content (AvgIpc) is 2.56. The molecule has 1 saturated heterocycles. The van der Waals surface area contributed by atoms with Crippen LogP contribution in [0.5, 0.6) is 0 Å². The van der Waals surface area contributed by atoms with E-state index >= 15 is 0 Å². The topological polar surface area (TPSA) is 201 Å². The lowest BCUT2D eigenvalue weighted by Gasteiger charge is -2.40. The number of rotatable bonds is 8. The molecule has 11 heteroatoms. The first kappa shape index (κ1) is 20.6. The molecular weight excluding hydrogens is 320 g/mol. The zero-order valence-electron chi connectivity index (χ0n) is 12.2. The average molecular weight is 344 g/mol. The van der Waals surface area contributed by atoms with Crippen molar-refractivity contribution in [3.63, 3.8) is 0 Å². The van der Waals surface area contributed by atoms with Crippen LogP contribution in [0.2, 0.25) is 0 Å². The quantitative estimate of drug-likeness (QED) is 0.203. The molecule has 0 aromatic heterocycles. The Bertz CT molecular complexity index is 341. The molecule has 1 aliphatic rings. The van der Waals surface area contributed by atoms with Gasteiger partial charge in [-0.2, -0.15) is 0 Å². The third-order valence-electron chi connectivity index (χ3n) is 3.61. The molecule has 0 spiro atoms. The highest BCUT2D eigenvalue weighted by Crippen LogP contribution is 2.22. The third kappa shape index (κ3) is 5.01. The van der Waals surface area contributed by atoms with Crippen molar-refractivity contribution in [1.29, 1.82) is 0 Å². The fraction of sp³-hybridized carbons (Fsp3) is 1.00. The van der Waals surface area contributed by atoms with Crippen molar-refractivity contribution < 1.29 is 55.4 Å². The van der Waals surface area contributed by atoms with Gasteiger partial charge < -0.3 is 55.4 Å². The van der Waals surface area contributed by atoms with Crippen LogP contribution in [0.3, 0.4) is 0 Å². The predicted molar refractivity (Wildman–Crippen MR) is 70.8 cm³/mol. The number of aliphatic hydroxyl groups excluding tert-OH is 9. The summed E-state index contributed by atoms with van der Waals surface area (Å²) in [6, 6.07) is 0. The normalized spacial score (nSPS) is 37.2. The summed E-state index contributed by atoms with van der Waals surface area (Å²) in [6.07, 6.45) is -14.7. The first-order valence-electron chi connectivity index (χ1n) is 6.99. The van der Waals surface area contributed by atoms with E-state index in [1.807, 2.05) is 0 Å². The molecule has 23 heavy (non-hydrogen) atoms. The summed E-state index contributed by atoms with van der Waals surface area (Å²) in [4.78, 5) is 0. The van der Waals surface area contributed by atoms with Gasteiger partial charge in [0, 0.05) is 0 Å². The monoisotopic (exact) mass is 344 g/mol. The molecule has 0 bridgehead atoms. The zero-order valence-corrected chi connectivity index (χ0v) is 12.2. The summed E-state index contributed by atoms with van der Waals surface area (Å²) in [5.41, 5.74) is 0. The van der Waals surface area contributed by atoms with Gasteiger partial charge in [-0.3, -0.25) is 0 Å². The minimum Gasteiger partial charge on any atom is -0.394 e. The van der Waals surface area contributed by atoms with Crippen LogP contribution in [0.4, 0.5) is 0 Å². The number of hydrogen-bond donors (Lipinski definition) is 9. The first-order valence-corrected chi connectivity index (χ1v) is 6.99. The van der Waals surface area contributed by atoms with Gasteiger partial charge in [-0.25, -0.2) is 0 Å². The minimum absolute atomic E-state index is 0.655. The van der Waals surface area contributed by atoms with Crippen LogP contribution in [-0.4, -0.2) is 121 Å². The maximum absolute atomic E-state index is 9.70. The molecule has 138 valence electrons. The van der Waals surface area contributed by atoms with Crippen molar-refractivity contribution in [3.8, 4) is 0 Å². The van der Waals surface area contributed by atoms with E-state index in [2.05, 4.69) is 0 Å².